The van der Waals surface area contributed by atoms with Gasteiger partial charge < -0.3 is 29.6 Å². The molecule has 39 heavy (non-hydrogen) atoms. The van der Waals surface area contributed by atoms with E-state index in [0.29, 0.717) is 49.2 Å². The predicted octanol–water partition coefficient (Wildman–Crippen LogP) is 4.56. The summed E-state index contributed by atoms with van der Waals surface area (Å²) >= 11 is 0. The average molecular weight is 528 g/mol. The Labute approximate surface area is 227 Å². The summed E-state index contributed by atoms with van der Waals surface area (Å²) in [5.74, 6) is 1.79. The predicted molar refractivity (Wildman–Crippen MR) is 151 cm³/mol. The van der Waals surface area contributed by atoms with Crippen molar-refractivity contribution in [3.05, 3.63) is 79.1 Å². The molecule has 2 aromatic heterocycles. The highest BCUT2D eigenvalue weighted by atomic mass is 16.5. The van der Waals surface area contributed by atoms with Crippen LogP contribution < -0.4 is 15.4 Å². The van der Waals surface area contributed by atoms with E-state index >= 15 is 0 Å². The minimum Gasteiger partial charge on any atom is -0.491 e. The highest BCUT2D eigenvalue weighted by Gasteiger charge is 2.26. The molecule has 10 heteroatoms. The molecular weight excluding hydrogens is 494 g/mol. The second-order valence-corrected chi connectivity index (χ2v) is 9.33. The van der Waals surface area contributed by atoms with Gasteiger partial charge in [-0.15, -0.1) is 0 Å². The fourth-order valence-electron chi connectivity index (χ4n) is 4.66. The first-order valence-electron chi connectivity index (χ1n) is 13.1. The number of aromatic nitrogens is 4. The summed E-state index contributed by atoms with van der Waals surface area (Å²) in [6.45, 7) is 6.57. The Balaban J connectivity index is 1.43. The number of hydrogen-bond acceptors (Lipinski definition) is 8. The van der Waals surface area contributed by atoms with E-state index < -0.39 is 0 Å². The van der Waals surface area contributed by atoms with Crippen LogP contribution in [-0.2, 0) is 16.1 Å². The Morgan fingerprint density at radius 1 is 1.13 bits per heavy atom. The van der Waals surface area contributed by atoms with Crippen molar-refractivity contribution in [1.82, 2.24) is 24.4 Å². The quantitative estimate of drug-likeness (QED) is 0.216. The number of hydrogen-bond donors (Lipinski definition) is 2. The maximum atomic E-state index is 12.3. The highest BCUT2D eigenvalue weighted by molar-refractivity contribution is 5.87. The number of carbonyl (C=O) groups excluding carboxylic acids is 1. The summed E-state index contributed by atoms with van der Waals surface area (Å²) < 4.78 is 12.8. The van der Waals surface area contributed by atoms with Crippen LogP contribution >= 0.6 is 0 Å². The number of methoxy groups -OCH3 is 1. The average Bonchev–Trinajstić information content (AvgIpc) is 3.41. The SMILES string of the molecule is C=CC(=O)N1CCCC(n2cnc3c(NCc4ccccc4)nc(Nc4ccc(OCCOC)cc4)nc32)C1. The first kappa shape index (κ1) is 26.2. The summed E-state index contributed by atoms with van der Waals surface area (Å²) in [4.78, 5) is 28.5. The van der Waals surface area contributed by atoms with Gasteiger partial charge in [0, 0.05) is 32.4 Å². The lowest BCUT2D eigenvalue weighted by atomic mass is 10.1. The third kappa shape index (κ3) is 6.35. The van der Waals surface area contributed by atoms with Crippen LogP contribution in [-0.4, -0.2) is 63.7 Å². The van der Waals surface area contributed by atoms with Crippen molar-refractivity contribution in [1.29, 1.82) is 0 Å². The molecule has 1 atom stereocenters. The van der Waals surface area contributed by atoms with E-state index in [1.165, 1.54) is 6.08 Å². The number of benzene rings is 2. The molecule has 202 valence electrons. The number of nitrogens with one attached hydrogen (secondary N) is 2. The smallest absolute Gasteiger partial charge is 0.246 e. The van der Waals surface area contributed by atoms with Crippen LogP contribution in [0.4, 0.5) is 17.5 Å². The number of piperidine rings is 1. The van der Waals surface area contributed by atoms with Gasteiger partial charge in [-0.25, -0.2) is 4.98 Å². The molecule has 0 saturated carbocycles. The number of anilines is 3. The summed E-state index contributed by atoms with van der Waals surface area (Å²) in [6, 6.07) is 17.8. The standard InChI is InChI=1S/C29H33N7O3/c1-3-25(37)35-15-7-10-23(19-35)36-20-31-26-27(30-18-21-8-5-4-6-9-21)33-29(34-28(26)36)32-22-11-13-24(14-12-22)39-17-16-38-2/h3-6,8-9,11-14,20,23H,1,7,10,15-19H2,2H3,(H2,30,32,33,34). The number of imidazole rings is 1. The van der Waals surface area contributed by atoms with Gasteiger partial charge in [0.25, 0.3) is 0 Å². The van der Waals surface area contributed by atoms with Crippen LogP contribution in [0.15, 0.2) is 73.6 Å². The largest absolute Gasteiger partial charge is 0.491 e. The molecule has 0 spiro atoms. The van der Waals surface area contributed by atoms with Gasteiger partial charge in [-0.1, -0.05) is 36.9 Å². The van der Waals surface area contributed by atoms with Crippen LogP contribution in [0.25, 0.3) is 11.2 Å². The number of ether oxygens (including phenoxy) is 2. The van der Waals surface area contributed by atoms with Gasteiger partial charge in [-0.05, 0) is 48.7 Å². The third-order valence-electron chi connectivity index (χ3n) is 6.67. The van der Waals surface area contributed by atoms with Crippen molar-refractivity contribution in [3.8, 4) is 5.75 Å². The van der Waals surface area contributed by atoms with E-state index in [-0.39, 0.29) is 11.9 Å². The second-order valence-electron chi connectivity index (χ2n) is 9.33. The Morgan fingerprint density at radius 2 is 1.95 bits per heavy atom. The van der Waals surface area contributed by atoms with Crippen LogP contribution in [0.3, 0.4) is 0 Å². The first-order valence-corrected chi connectivity index (χ1v) is 13.1. The minimum absolute atomic E-state index is 0.0547. The van der Waals surface area contributed by atoms with Crippen LogP contribution in [0.1, 0.15) is 24.4 Å². The number of nitrogens with zero attached hydrogens (tertiary/aromatic N) is 5. The van der Waals surface area contributed by atoms with E-state index in [9.17, 15) is 4.79 Å². The zero-order valence-electron chi connectivity index (χ0n) is 22.0. The molecule has 1 amide bonds. The molecule has 4 aromatic rings. The summed E-state index contributed by atoms with van der Waals surface area (Å²) in [5, 5.41) is 6.77. The molecule has 2 aromatic carbocycles. The first-order chi connectivity index (χ1) is 19.1. The summed E-state index contributed by atoms with van der Waals surface area (Å²) in [5.41, 5.74) is 3.35. The molecule has 0 aliphatic carbocycles. The molecule has 5 rings (SSSR count). The van der Waals surface area contributed by atoms with Gasteiger partial charge in [0.1, 0.15) is 12.4 Å². The molecule has 2 N–H and O–H groups in total. The minimum atomic E-state index is -0.0547. The molecule has 0 bridgehead atoms. The van der Waals surface area contributed by atoms with Crippen LogP contribution in [0.2, 0.25) is 0 Å². The monoisotopic (exact) mass is 527 g/mol. The van der Waals surface area contributed by atoms with Gasteiger partial charge in [0.05, 0.1) is 19.0 Å². The third-order valence-corrected chi connectivity index (χ3v) is 6.67. The van der Waals surface area contributed by atoms with Gasteiger partial charge in [0.2, 0.25) is 11.9 Å². The Kier molecular flexibility index (Phi) is 8.33. The highest BCUT2D eigenvalue weighted by Crippen LogP contribution is 2.29. The maximum Gasteiger partial charge on any atom is 0.246 e. The topological polar surface area (TPSA) is 106 Å². The van der Waals surface area contributed by atoms with E-state index in [1.807, 2.05) is 47.4 Å². The fraction of sp³-hybridized carbons (Fsp3) is 0.310. The zero-order valence-corrected chi connectivity index (χ0v) is 22.0. The Bertz CT molecular complexity index is 1410. The van der Waals surface area contributed by atoms with Gasteiger partial charge in [0.15, 0.2) is 17.0 Å². The lowest BCUT2D eigenvalue weighted by Crippen LogP contribution is -2.39. The van der Waals surface area contributed by atoms with E-state index in [4.69, 9.17) is 19.4 Å². The van der Waals surface area contributed by atoms with Crippen molar-refractivity contribution in [2.24, 2.45) is 0 Å². The fourth-order valence-corrected chi connectivity index (χ4v) is 4.66. The molecule has 1 unspecified atom stereocenters. The number of amides is 1. The van der Waals surface area contributed by atoms with Gasteiger partial charge in [-0.2, -0.15) is 9.97 Å². The number of likely N-dealkylation sites (tertiary alicyclic amines) is 1. The van der Waals surface area contributed by atoms with Gasteiger partial charge in [-0.3, -0.25) is 4.79 Å². The molecule has 1 aliphatic heterocycles. The lowest BCUT2D eigenvalue weighted by molar-refractivity contribution is -0.127. The van der Waals surface area contributed by atoms with E-state index in [2.05, 4.69) is 38.9 Å². The molecule has 1 saturated heterocycles. The molecule has 10 nitrogen and oxygen atoms in total. The molecule has 1 fully saturated rings. The van der Waals surface area contributed by atoms with Crippen LogP contribution in [0, 0.1) is 0 Å². The van der Waals surface area contributed by atoms with Crippen molar-refractivity contribution >= 4 is 34.5 Å². The van der Waals surface area contributed by atoms with Crippen LogP contribution in [0.5, 0.6) is 5.75 Å². The Morgan fingerprint density at radius 3 is 2.72 bits per heavy atom. The number of fused-ring (bicyclic) bond motifs is 1. The second kappa shape index (κ2) is 12.4. The molecular formula is C29H33N7O3. The van der Waals surface area contributed by atoms with Gasteiger partial charge >= 0.3 is 0 Å². The summed E-state index contributed by atoms with van der Waals surface area (Å²) in [7, 11) is 1.65. The van der Waals surface area contributed by atoms with E-state index in [0.717, 1.165) is 36.4 Å². The normalized spacial score (nSPS) is 15.2. The molecule has 1 aliphatic rings. The summed E-state index contributed by atoms with van der Waals surface area (Å²) in [6.07, 6.45) is 5.00. The number of carbonyl (C=O) groups is 1. The van der Waals surface area contributed by atoms with Crippen molar-refractivity contribution < 1.29 is 14.3 Å². The lowest BCUT2D eigenvalue weighted by Gasteiger charge is -2.32. The number of rotatable bonds is 11. The van der Waals surface area contributed by atoms with Crippen molar-refractivity contribution in [3.63, 3.8) is 0 Å². The van der Waals surface area contributed by atoms with E-state index in [1.54, 1.807) is 13.4 Å². The van der Waals surface area contributed by atoms with Crippen molar-refractivity contribution in [2.75, 3.05) is 44.0 Å². The molecule has 3 heterocycles. The molecule has 0 radical (unpaired) electrons. The maximum absolute atomic E-state index is 12.3. The van der Waals surface area contributed by atoms with Crippen molar-refractivity contribution in [2.45, 2.75) is 25.4 Å². The Hall–Kier alpha value is -4.44. The zero-order chi connectivity index (χ0) is 27.0.